The summed E-state index contributed by atoms with van der Waals surface area (Å²) in [6.45, 7) is 3.30. The van der Waals surface area contributed by atoms with Gasteiger partial charge in [-0.1, -0.05) is 6.92 Å². The van der Waals surface area contributed by atoms with E-state index in [2.05, 4.69) is 27.2 Å². The first-order chi connectivity index (χ1) is 14.0. The van der Waals surface area contributed by atoms with Gasteiger partial charge in [0, 0.05) is 42.9 Å². The zero-order valence-corrected chi connectivity index (χ0v) is 15.9. The number of hydrogen-bond acceptors (Lipinski definition) is 5. The zero-order chi connectivity index (χ0) is 20.4. The van der Waals surface area contributed by atoms with E-state index in [0.717, 1.165) is 11.4 Å². The van der Waals surface area contributed by atoms with Crippen LogP contribution in [0.1, 0.15) is 18.7 Å². The minimum Gasteiger partial charge on any atom is -0.396 e. The van der Waals surface area contributed by atoms with E-state index in [4.69, 9.17) is 5.73 Å². The van der Waals surface area contributed by atoms with Gasteiger partial charge in [0.1, 0.15) is 11.6 Å². The molecule has 3 N–H and O–H groups in total. The third-order valence-electron chi connectivity index (χ3n) is 5.19. The lowest BCUT2D eigenvalue weighted by atomic mass is 9.86. The van der Waals surface area contributed by atoms with Crippen molar-refractivity contribution in [2.75, 3.05) is 24.1 Å². The fraction of sp³-hybridized carbons (Fsp3) is 0.238. The predicted molar refractivity (Wildman–Crippen MR) is 109 cm³/mol. The number of nitrogen functional groups attached to an aromatic ring is 1. The first kappa shape index (κ1) is 18.8. The van der Waals surface area contributed by atoms with Gasteiger partial charge in [-0.3, -0.25) is 5.32 Å². The molecule has 0 bridgehead atoms. The molecule has 1 fully saturated rings. The average molecular weight is 392 g/mol. The summed E-state index contributed by atoms with van der Waals surface area (Å²) in [6, 6.07) is 10.9. The highest BCUT2D eigenvalue weighted by Gasteiger charge is 2.36. The number of anilines is 2. The van der Waals surface area contributed by atoms with Crippen molar-refractivity contribution in [1.29, 1.82) is 0 Å². The number of amides is 2. The van der Waals surface area contributed by atoms with Crippen LogP contribution in [0, 0.1) is 11.7 Å². The lowest BCUT2D eigenvalue weighted by Crippen LogP contribution is -2.53. The number of carbonyl (C=O) groups excluding carboxylic acids is 1. The lowest BCUT2D eigenvalue weighted by molar-refractivity contribution is 0.115. The van der Waals surface area contributed by atoms with Crippen LogP contribution in [-0.2, 0) is 0 Å². The number of rotatable bonds is 4. The first-order valence-electron chi connectivity index (χ1n) is 9.36. The molecule has 1 unspecified atom stereocenters. The van der Waals surface area contributed by atoms with Crippen molar-refractivity contribution in [3.8, 4) is 11.3 Å². The number of nitrogens with one attached hydrogen (secondary N) is 1. The summed E-state index contributed by atoms with van der Waals surface area (Å²) in [7, 11) is 0. The van der Waals surface area contributed by atoms with Gasteiger partial charge in [-0.25, -0.2) is 24.1 Å². The van der Waals surface area contributed by atoms with Gasteiger partial charge >= 0.3 is 6.03 Å². The Morgan fingerprint density at radius 3 is 2.55 bits per heavy atom. The van der Waals surface area contributed by atoms with Crippen LogP contribution in [-0.4, -0.2) is 39.0 Å². The number of hydrogen-bond donors (Lipinski definition) is 2. The number of nitrogens with two attached hydrogens (primary N) is 1. The number of urea groups is 1. The van der Waals surface area contributed by atoms with Crippen LogP contribution in [0.5, 0.6) is 0 Å². The molecular weight excluding hydrogens is 371 g/mol. The Balaban J connectivity index is 1.40. The first-order valence-corrected chi connectivity index (χ1v) is 9.36. The molecule has 3 heterocycles. The minimum absolute atomic E-state index is 0.172. The summed E-state index contributed by atoms with van der Waals surface area (Å²) in [6.07, 6.45) is 3.45. The molecule has 0 saturated carbocycles. The van der Waals surface area contributed by atoms with Crippen LogP contribution < -0.4 is 11.1 Å². The molecule has 8 heteroatoms. The standard InChI is InChI=1S/C21H21FN6O/c1-13(19-24-9-2-10-25-19)15-11-28(12-15)21(29)27-20-17(23)7-8-18(26-20)14-3-5-16(22)6-4-14/h2-10,13,15H,11-12,23H2,1H3,(H,26,27,29). The zero-order valence-electron chi connectivity index (χ0n) is 15.9. The van der Waals surface area contributed by atoms with E-state index in [1.807, 2.05) is 0 Å². The van der Waals surface area contributed by atoms with Crippen molar-refractivity contribution in [2.24, 2.45) is 5.92 Å². The van der Waals surface area contributed by atoms with Crippen LogP contribution in [0.4, 0.5) is 20.7 Å². The number of pyridine rings is 1. The van der Waals surface area contributed by atoms with Crippen LogP contribution in [0.2, 0.25) is 0 Å². The summed E-state index contributed by atoms with van der Waals surface area (Å²) in [4.78, 5) is 27.3. The Kier molecular flexibility index (Phi) is 5.07. The smallest absolute Gasteiger partial charge is 0.323 e. The summed E-state index contributed by atoms with van der Waals surface area (Å²) in [5.41, 5.74) is 7.69. The molecule has 1 aliphatic rings. The van der Waals surface area contributed by atoms with Crippen molar-refractivity contribution < 1.29 is 9.18 Å². The highest BCUT2D eigenvalue weighted by atomic mass is 19.1. The molecule has 4 rings (SSSR count). The Morgan fingerprint density at radius 1 is 1.17 bits per heavy atom. The predicted octanol–water partition coefficient (Wildman–Crippen LogP) is 3.53. The van der Waals surface area contributed by atoms with E-state index in [-0.39, 0.29) is 17.8 Å². The van der Waals surface area contributed by atoms with E-state index < -0.39 is 0 Å². The fourth-order valence-corrected chi connectivity index (χ4v) is 3.28. The van der Waals surface area contributed by atoms with Gasteiger partial charge in [-0.2, -0.15) is 0 Å². The molecule has 1 atom stereocenters. The molecule has 1 aliphatic heterocycles. The van der Waals surface area contributed by atoms with Gasteiger partial charge in [0.2, 0.25) is 0 Å². The van der Waals surface area contributed by atoms with E-state index in [1.165, 1.54) is 12.1 Å². The minimum atomic E-state index is -0.319. The number of benzene rings is 1. The third kappa shape index (κ3) is 4.01. The van der Waals surface area contributed by atoms with E-state index in [9.17, 15) is 9.18 Å². The summed E-state index contributed by atoms with van der Waals surface area (Å²) in [5, 5.41) is 2.78. The van der Waals surface area contributed by atoms with Crippen LogP contribution in [0.3, 0.4) is 0 Å². The molecule has 0 aliphatic carbocycles. The number of carbonyl (C=O) groups is 1. The maximum absolute atomic E-state index is 13.1. The largest absolute Gasteiger partial charge is 0.396 e. The van der Waals surface area contributed by atoms with Gasteiger partial charge < -0.3 is 10.6 Å². The number of likely N-dealkylation sites (tertiary alicyclic amines) is 1. The highest BCUT2D eigenvalue weighted by Crippen LogP contribution is 2.30. The molecule has 2 amide bonds. The van der Waals surface area contributed by atoms with Gasteiger partial charge in [0.25, 0.3) is 0 Å². The molecule has 148 valence electrons. The van der Waals surface area contributed by atoms with E-state index in [1.54, 1.807) is 47.6 Å². The van der Waals surface area contributed by atoms with Crippen LogP contribution in [0.15, 0.2) is 54.9 Å². The Hall–Kier alpha value is -3.55. The second-order valence-electron chi connectivity index (χ2n) is 7.13. The monoisotopic (exact) mass is 392 g/mol. The molecule has 0 radical (unpaired) electrons. The topological polar surface area (TPSA) is 97.0 Å². The number of halogens is 1. The average Bonchev–Trinajstić information content (AvgIpc) is 2.70. The molecule has 7 nitrogen and oxygen atoms in total. The van der Waals surface area contributed by atoms with Crippen molar-refractivity contribution in [1.82, 2.24) is 19.9 Å². The maximum Gasteiger partial charge on any atom is 0.323 e. The Bertz CT molecular complexity index is 1010. The van der Waals surface area contributed by atoms with E-state index in [0.29, 0.717) is 36.2 Å². The highest BCUT2D eigenvalue weighted by molar-refractivity contribution is 5.92. The molecular formula is C21H21FN6O. The second-order valence-corrected chi connectivity index (χ2v) is 7.13. The second kappa shape index (κ2) is 7.83. The molecule has 1 aromatic carbocycles. The van der Waals surface area contributed by atoms with Crippen molar-refractivity contribution >= 4 is 17.5 Å². The molecule has 2 aromatic heterocycles. The van der Waals surface area contributed by atoms with Crippen molar-refractivity contribution in [3.63, 3.8) is 0 Å². The van der Waals surface area contributed by atoms with E-state index >= 15 is 0 Å². The fourth-order valence-electron chi connectivity index (χ4n) is 3.28. The van der Waals surface area contributed by atoms with Crippen LogP contribution in [0.25, 0.3) is 11.3 Å². The Morgan fingerprint density at radius 2 is 1.86 bits per heavy atom. The molecule has 29 heavy (non-hydrogen) atoms. The van der Waals surface area contributed by atoms with Crippen molar-refractivity contribution in [2.45, 2.75) is 12.8 Å². The number of nitrogens with zero attached hydrogens (tertiary/aromatic N) is 4. The molecule has 0 spiro atoms. The van der Waals surface area contributed by atoms with Gasteiger partial charge in [-0.05, 0) is 42.5 Å². The summed E-state index contributed by atoms with van der Waals surface area (Å²) in [5.74, 6) is 1.24. The summed E-state index contributed by atoms with van der Waals surface area (Å²) >= 11 is 0. The van der Waals surface area contributed by atoms with Crippen LogP contribution >= 0.6 is 0 Å². The van der Waals surface area contributed by atoms with Gasteiger partial charge in [-0.15, -0.1) is 0 Å². The normalized spacial score (nSPS) is 14.9. The van der Waals surface area contributed by atoms with Gasteiger partial charge in [0.05, 0.1) is 11.4 Å². The number of aromatic nitrogens is 3. The van der Waals surface area contributed by atoms with Crippen molar-refractivity contribution in [3.05, 3.63) is 66.5 Å². The quantitative estimate of drug-likeness (QED) is 0.708. The SMILES string of the molecule is CC(c1ncccn1)C1CN(C(=O)Nc2nc(-c3ccc(F)cc3)ccc2N)C1. The Labute approximate surface area is 167 Å². The molecule has 1 saturated heterocycles. The summed E-state index contributed by atoms with van der Waals surface area (Å²) < 4.78 is 13.1. The van der Waals surface area contributed by atoms with Gasteiger partial charge in [0.15, 0.2) is 5.82 Å². The maximum atomic E-state index is 13.1. The third-order valence-corrected chi connectivity index (χ3v) is 5.19. The lowest BCUT2D eigenvalue weighted by Gasteiger charge is -2.41. The molecule has 3 aromatic rings.